The molecule has 0 amide bonds. The molecule has 0 aromatic heterocycles. The van der Waals surface area contributed by atoms with E-state index in [0.717, 1.165) is 12.8 Å². The van der Waals surface area contributed by atoms with Gasteiger partial charge in [0, 0.05) is 12.8 Å². The zero-order valence-electron chi connectivity index (χ0n) is 10.5. The third-order valence-corrected chi connectivity index (χ3v) is 3.39. The van der Waals surface area contributed by atoms with Crippen LogP contribution in [0.4, 0.5) is 0 Å². The smallest absolute Gasteiger partial charge is 0.134 e. The molecule has 2 atom stereocenters. The van der Waals surface area contributed by atoms with Gasteiger partial charge in [-0.2, -0.15) is 0 Å². The normalized spacial score (nSPS) is 25.4. The van der Waals surface area contributed by atoms with Crippen molar-refractivity contribution in [1.82, 2.24) is 0 Å². The largest absolute Gasteiger partial charge is 0.300 e. The van der Waals surface area contributed by atoms with Crippen molar-refractivity contribution in [3.05, 3.63) is 24.8 Å². The molecule has 0 aliphatic heterocycles. The summed E-state index contributed by atoms with van der Waals surface area (Å²) < 4.78 is 0. The van der Waals surface area contributed by atoms with Gasteiger partial charge in [0.05, 0.1) is 0 Å². The third-order valence-electron chi connectivity index (χ3n) is 3.39. The Morgan fingerprint density at radius 3 is 2.69 bits per heavy atom. The molecule has 0 bridgehead atoms. The van der Waals surface area contributed by atoms with Crippen LogP contribution in [0.15, 0.2) is 24.8 Å². The van der Waals surface area contributed by atoms with Crippen molar-refractivity contribution < 1.29 is 4.79 Å². The van der Waals surface area contributed by atoms with Crippen LogP contribution in [-0.4, -0.2) is 5.78 Å². The Balaban J connectivity index is 2.22. The molecular weight excluding hydrogens is 196 g/mol. The summed E-state index contributed by atoms with van der Waals surface area (Å²) in [6.45, 7) is 6.04. The lowest BCUT2D eigenvalue weighted by Gasteiger charge is -2.09. The van der Waals surface area contributed by atoms with Crippen molar-refractivity contribution in [2.45, 2.75) is 51.9 Å². The maximum absolute atomic E-state index is 11.3. The summed E-state index contributed by atoms with van der Waals surface area (Å²) in [5, 5.41) is 0. The van der Waals surface area contributed by atoms with Crippen LogP contribution in [0.3, 0.4) is 0 Å². The van der Waals surface area contributed by atoms with Crippen molar-refractivity contribution in [3.8, 4) is 0 Å². The fourth-order valence-electron chi connectivity index (χ4n) is 2.34. The summed E-state index contributed by atoms with van der Waals surface area (Å²) in [5.74, 6) is 1.21. The molecule has 1 fully saturated rings. The van der Waals surface area contributed by atoms with E-state index in [0.29, 0.717) is 24.0 Å². The summed E-state index contributed by atoms with van der Waals surface area (Å²) in [7, 11) is 0. The molecule has 0 aromatic carbocycles. The Hall–Kier alpha value is -0.850. The highest BCUT2D eigenvalue weighted by atomic mass is 16.1. The summed E-state index contributed by atoms with van der Waals surface area (Å²) >= 11 is 0. The number of hydrogen-bond acceptors (Lipinski definition) is 1. The number of hydrogen-bond donors (Lipinski definition) is 0. The molecule has 0 N–H and O–H groups in total. The summed E-state index contributed by atoms with van der Waals surface area (Å²) in [6, 6.07) is 0. The first-order valence-electron chi connectivity index (χ1n) is 6.58. The quantitative estimate of drug-likeness (QED) is 0.462. The molecule has 1 heteroatoms. The highest BCUT2D eigenvalue weighted by Gasteiger charge is 2.28. The lowest BCUT2D eigenvalue weighted by Crippen LogP contribution is -2.00. The van der Waals surface area contributed by atoms with Crippen molar-refractivity contribution in [2.75, 3.05) is 0 Å². The Morgan fingerprint density at radius 2 is 2.00 bits per heavy atom. The fourth-order valence-corrected chi connectivity index (χ4v) is 2.34. The molecule has 90 valence electrons. The van der Waals surface area contributed by atoms with Crippen LogP contribution < -0.4 is 0 Å². The molecule has 1 aliphatic carbocycles. The molecule has 1 saturated carbocycles. The van der Waals surface area contributed by atoms with Crippen LogP contribution in [0, 0.1) is 11.8 Å². The van der Waals surface area contributed by atoms with Crippen molar-refractivity contribution in [3.63, 3.8) is 0 Å². The van der Waals surface area contributed by atoms with Gasteiger partial charge >= 0.3 is 0 Å². The molecule has 16 heavy (non-hydrogen) atoms. The van der Waals surface area contributed by atoms with E-state index < -0.39 is 0 Å². The Bertz CT molecular complexity index is 252. The Kier molecular flexibility index (Phi) is 6.14. The van der Waals surface area contributed by atoms with E-state index in [1.165, 1.54) is 25.7 Å². The molecule has 0 heterocycles. The van der Waals surface area contributed by atoms with Crippen LogP contribution in [0.1, 0.15) is 51.9 Å². The maximum Gasteiger partial charge on any atom is 0.134 e. The summed E-state index contributed by atoms with van der Waals surface area (Å²) in [6.07, 6.45) is 14.3. The van der Waals surface area contributed by atoms with Gasteiger partial charge in [-0.15, -0.1) is 6.58 Å². The lowest BCUT2D eigenvalue weighted by molar-refractivity contribution is -0.117. The minimum absolute atomic E-state index is 0.388. The second kappa shape index (κ2) is 7.43. The summed E-state index contributed by atoms with van der Waals surface area (Å²) in [4.78, 5) is 11.3. The van der Waals surface area contributed by atoms with Gasteiger partial charge in [0.2, 0.25) is 0 Å². The topological polar surface area (TPSA) is 17.1 Å². The van der Waals surface area contributed by atoms with Crippen LogP contribution in [0.25, 0.3) is 0 Å². The van der Waals surface area contributed by atoms with E-state index in [1.807, 2.05) is 6.08 Å². The Labute approximate surface area is 99.6 Å². The van der Waals surface area contributed by atoms with Crippen LogP contribution in [-0.2, 0) is 4.79 Å². The first kappa shape index (κ1) is 13.2. The predicted octanol–water partition coefficient (Wildman–Crippen LogP) is 4.29. The van der Waals surface area contributed by atoms with Gasteiger partial charge in [0.25, 0.3) is 0 Å². The molecule has 1 rings (SSSR count). The highest BCUT2D eigenvalue weighted by Crippen LogP contribution is 2.31. The van der Waals surface area contributed by atoms with Gasteiger partial charge in [0.1, 0.15) is 5.78 Å². The van der Waals surface area contributed by atoms with Gasteiger partial charge in [0.15, 0.2) is 0 Å². The van der Waals surface area contributed by atoms with Crippen LogP contribution in [0.5, 0.6) is 0 Å². The van der Waals surface area contributed by atoms with Gasteiger partial charge in [-0.1, -0.05) is 44.4 Å². The second-order valence-corrected chi connectivity index (χ2v) is 4.79. The zero-order chi connectivity index (χ0) is 11.8. The summed E-state index contributed by atoms with van der Waals surface area (Å²) in [5.41, 5.74) is 0. The number of carbonyl (C=O) groups excluding carboxylic acids is 1. The van der Waals surface area contributed by atoms with E-state index in [4.69, 9.17) is 0 Å². The molecule has 0 unspecified atom stereocenters. The fraction of sp³-hybridized carbons (Fsp3) is 0.667. The molecule has 1 aliphatic rings. The molecule has 1 nitrogen and oxygen atoms in total. The molecule has 0 radical (unpaired) electrons. The number of ketones is 1. The number of rotatable bonds is 7. The van der Waals surface area contributed by atoms with E-state index in [1.54, 1.807) is 0 Å². The maximum atomic E-state index is 11.3. The molecule has 0 spiro atoms. The average Bonchev–Trinajstić information content (AvgIpc) is 2.64. The van der Waals surface area contributed by atoms with E-state index in [-0.39, 0.29) is 0 Å². The van der Waals surface area contributed by atoms with Gasteiger partial charge in [-0.25, -0.2) is 0 Å². The third kappa shape index (κ3) is 4.34. The first-order valence-corrected chi connectivity index (χ1v) is 6.58. The monoisotopic (exact) mass is 220 g/mol. The van der Waals surface area contributed by atoms with Crippen molar-refractivity contribution >= 4 is 5.78 Å². The van der Waals surface area contributed by atoms with Crippen molar-refractivity contribution in [2.24, 2.45) is 11.8 Å². The highest BCUT2D eigenvalue weighted by molar-refractivity contribution is 5.81. The number of Topliss-reactive ketones (excluding diaryl/α,β-unsaturated/α-hetero) is 1. The minimum atomic E-state index is 0.388. The number of allylic oxidation sites excluding steroid dienone is 3. The molecule has 0 aromatic rings. The molecule has 0 saturated heterocycles. The molecular formula is C15H24O. The SMILES string of the molecule is C=C[C@@H]1CC(=O)C[C@@H]1/C=C\CCCCCC. The number of unbranched alkanes of at least 4 members (excludes halogenated alkanes) is 4. The van der Waals surface area contributed by atoms with Gasteiger partial charge < -0.3 is 0 Å². The second-order valence-electron chi connectivity index (χ2n) is 4.79. The number of carbonyl (C=O) groups is 1. The van der Waals surface area contributed by atoms with E-state index >= 15 is 0 Å². The lowest BCUT2D eigenvalue weighted by atomic mass is 9.95. The predicted molar refractivity (Wildman–Crippen MR) is 69.3 cm³/mol. The van der Waals surface area contributed by atoms with Gasteiger partial charge in [-0.3, -0.25) is 4.79 Å². The average molecular weight is 220 g/mol. The van der Waals surface area contributed by atoms with Crippen LogP contribution >= 0.6 is 0 Å². The Morgan fingerprint density at radius 1 is 1.25 bits per heavy atom. The van der Waals surface area contributed by atoms with E-state index in [9.17, 15) is 4.79 Å². The standard InChI is InChI=1S/C15H24O/c1-3-5-6-7-8-9-10-14-12-15(16)11-13(14)4-2/h4,9-10,13-14H,2-3,5-8,11-12H2,1H3/b10-9-/t13-,14+/m1/s1. The first-order chi connectivity index (χ1) is 7.77. The van der Waals surface area contributed by atoms with Gasteiger partial charge in [-0.05, 0) is 24.7 Å². The van der Waals surface area contributed by atoms with Crippen molar-refractivity contribution in [1.29, 1.82) is 0 Å². The zero-order valence-corrected chi connectivity index (χ0v) is 10.5. The minimum Gasteiger partial charge on any atom is -0.300 e. The van der Waals surface area contributed by atoms with Crippen LogP contribution in [0.2, 0.25) is 0 Å². The van der Waals surface area contributed by atoms with E-state index in [2.05, 4.69) is 25.7 Å².